The lowest BCUT2D eigenvalue weighted by Crippen LogP contribution is -2.49. The van der Waals surface area contributed by atoms with Crippen molar-refractivity contribution >= 4 is 17.8 Å². The van der Waals surface area contributed by atoms with E-state index in [1.165, 1.54) is 12.1 Å². The zero-order valence-corrected chi connectivity index (χ0v) is 13.2. The first kappa shape index (κ1) is 19.2. The van der Waals surface area contributed by atoms with Crippen molar-refractivity contribution in [3.8, 4) is 5.75 Å². The van der Waals surface area contributed by atoms with Gasteiger partial charge in [0.2, 0.25) is 5.91 Å². The zero-order chi connectivity index (χ0) is 18.1. The molecule has 0 aliphatic heterocycles. The van der Waals surface area contributed by atoms with Gasteiger partial charge in [0.15, 0.2) is 5.96 Å². The largest absolute Gasteiger partial charge is 0.508 e. The number of nitrogens with one attached hydrogen (secondary N) is 1. The highest BCUT2D eigenvalue weighted by atomic mass is 16.4. The highest BCUT2D eigenvalue weighted by Crippen LogP contribution is 2.11. The molecule has 0 spiro atoms. The zero-order valence-electron chi connectivity index (χ0n) is 13.2. The van der Waals surface area contributed by atoms with Crippen LogP contribution in [0.3, 0.4) is 0 Å². The number of carboxylic acid groups (broad SMARTS) is 1. The van der Waals surface area contributed by atoms with Crippen LogP contribution >= 0.6 is 0 Å². The van der Waals surface area contributed by atoms with Crippen molar-refractivity contribution in [1.82, 2.24) is 5.32 Å². The van der Waals surface area contributed by atoms with E-state index in [9.17, 15) is 19.8 Å². The highest BCUT2D eigenvalue weighted by Gasteiger charge is 2.23. The van der Waals surface area contributed by atoms with Gasteiger partial charge >= 0.3 is 5.97 Å². The monoisotopic (exact) mass is 337 g/mol. The number of nitrogens with zero attached hydrogens (tertiary/aromatic N) is 1. The number of phenolic OH excluding ortho intramolecular Hbond substituents is 1. The third-order valence-corrected chi connectivity index (χ3v) is 3.30. The van der Waals surface area contributed by atoms with Gasteiger partial charge in [-0.3, -0.25) is 9.79 Å². The molecule has 1 rings (SSSR count). The number of phenols is 1. The average Bonchev–Trinajstić information content (AvgIpc) is 2.52. The molecule has 9 heteroatoms. The van der Waals surface area contributed by atoms with Crippen LogP contribution in [-0.4, -0.2) is 46.7 Å². The van der Waals surface area contributed by atoms with Crippen molar-refractivity contribution in [3.05, 3.63) is 29.8 Å². The summed E-state index contributed by atoms with van der Waals surface area (Å²) in [6.45, 7) is 0.346. The van der Waals surface area contributed by atoms with Crippen molar-refractivity contribution in [2.75, 3.05) is 6.54 Å². The number of amides is 1. The van der Waals surface area contributed by atoms with Crippen LogP contribution in [0, 0.1) is 0 Å². The van der Waals surface area contributed by atoms with Crippen molar-refractivity contribution in [2.24, 2.45) is 22.2 Å². The minimum Gasteiger partial charge on any atom is -0.508 e. The topological polar surface area (TPSA) is 177 Å². The lowest BCUT2D eigenvalue weighted by Gasteiger charge is -2.18. The predicted molar refractivity (Wildman–Crippen MR) is 89.3 cm³/mol. The summed E-state index contributed by atoms with van der Waals surface area (Å²) in [6.07, 6.45) is 0.915. The van der Waals surface area contributed by atoms with Gasteiger partial charge in [0.05, 0.1) is 6.04 Å². The number of hydrogen-bond donors (Lipinski definition) is 6. The summed E-state index contributed by atoms with van der Waals surface area (Å²) in [7, 11) is 0. The van der Waals surface area contributed by atoms with Gasteiger partial charge in [0.1, 0.15) is 11.8 Å². The summed E-state index contributed by atoms with van der Waals surface area (Å²) in [4.78, 5) is 27.1. The highest BCUT2D eigenvalue weighted by molar-refractivity contribution is 5.86. The van der Waals surface area contributed by atoms with Gasteiger partial charge in [-0.1, -0.05) is 12.1 Å². The smallest absolute Gasteiger partial charge is 0.326 e. The molecular formula is C15H23N5O4. The Bertz CT molecular complexity index is 584. The average molecular weight is 337 g/mol. The van der Waals surface area contributed by atoms with Gasteiger partial charge in [-0.15, -0.1) is 0 Å². The molecule has 9 N–H and O–H groups in total. The van der Waals surface area contributed by atoms with Gasteiger partial charge < -0.3 is 32.7 Å². The van der Waals surface area contributed by atoms with Gasteiger partial charge in [0.25, 0.3) is 0 Å². The second-order valence-corrected chi connectivity index (χ2v) is 5.33. The molecule has 0 radical (unpaired) electrons. The molecule has 2 atom stereocenters. The van der Waals surface area contributed by atoms with Crippen molar-refractivity contribution in [1.29, 1.82) is 0 Å². The number of benzene rings is 1. The van der Waals surface area contributed by atoms with E-state index < -0.39 is 24.0 Å². The first-order chi connectivity index (χ1) is 11.3. The van der Waals surface area contributed by atoms with Gasteiger partial charge in [-0.05, 0) is 30.5 Å². The summed E-state index contributed by atoms with van der Waals surface area (Å²) in [6, 6.07) is 4.13. The van der Waals surface area contributed by atoms with Crippen LogP contribution in [0.4, 0.5) is 0 Å². The number of rotatable bonds is 9. The Morgan fingerprint density at radius 2 is 1.83 bits per heavy atom. The van der Waals surface area contributed by atoms with E-state index in [1.807, 2.05) is 0 Å². The van der Waals surface area contributed by atoms with Crippen LogP contribution in [0.25, 0.3) is 0 Å². The van der Waals surface area contributed by atoms with Gasteiger partial charge in [-0.25, -0.2) is 4.79 Å². The van der Waals surface area contributed by atoms with Crippen LogP contribution < -0.4 is 22.5 Å². The Morgan fingerprint density at radius 1 is 1.21 bits per heavy atom. The second kappa shape index (κ2) is 9.36. The summed E-state index contributed by atoms with van der Waals surface area (Å²) in [5.74, 6) is -1.67. The maximum Gasteiger partial charge on any atom is 0.326 e. The summed E-state index contributed by atoms with van der Waals surface area (Å²) in [5, 5.41) is 20.9. The number of carbonyl (C=O) groups excluding carboxylic acids is 1. The molecule has 0 aliphatic rings. The lowest BCUT2D eigenvalue weighted by molar-refractivity contribution is -0.142. The van der Waals surface area contributed by atoms with Crippen molar-refractivity contribution in [3.63, 3.8) is 0 Å². The van der Waals surface area contributed by atoms with Crippen LogP contribution in [0.2, 0.25) is 0 Å². The Labute approximate surface area is 139 Å². The molecule has 1 amide bonds. The summed E-state index contributed by atoms with van der Waals surface area (Å²) >= 11 is 0. The molecule has 0 saturated heterocycles. The fraction of sp³-hybridized carbons (Fsp3) is 0.400. The number of aromatic hydroxyl groups is 1. The van der Waals surface area contributed by atoms with E-state index in [2.05, 4.69) is 10.3 Å². The Balaban J connectivity index is 2.54. The molecule has 0 bridgehead atoms. The van der Waals surface area contributed by atoms with E-state index in [4.69, 9.17) is 17.2 Å². The Morgan fingerprint density at radius 3 is 2.38 bits per heavy atom. The van der Waals surface area contributed by atoms with E-state index in [-0.39, 0.29) is 18.1 Å². The van der Waals surface area contributed by atoms with Gasteiger partial charge in [-0.2, -0.15) is 0 Å². The molecule has 0 aromatic heterocycles. The molecule has 0 unspecified atom stereocenters. The standard InChI is InChI=1S/C15H23N5O4/c16-11(2-1-7-19-15(17)18)13(22)20-12(14(23)24)8-9-3-5-10(21)6-4-9/h3-6,11-12,21H,1-2,7-8,16H2,(H,20,22)(H,23,24)(H4,17,18,19)/t11-,12-/m1/s1. The number of hydrogen-bond acceptors (Lipinski definition) is 5. The molecule has 0 aliphatic carbocycles. The third-order valence-electron chi connectivity index (χ3n) is 3.30. The van der Waals surface area contributed by atoms with Gasteiger partial charge in [0, 0.05) is 13.0 Å². The fourth-order valence-corrected chi connectivity index (χ4v) is 2.00. The van der Waals surface area contributed by atoms with E-state index in [0.29, 0.717) is 24.9 Å². The number of carboxylic acids is 1. The predicted octanol–water partition coefficient (Wildman–Crippen LogP) is -1.11. The lowest BCUT2D eigenvalue weighted by atomic mass is 10.0. The van der Waals surface area contributed by atoms with E-state index in [1.54, 1.807) is 12.1 Å². The number of carbonyl (C=O) groups is 2. The Kier molecular flexibility index (Phi) is 7.50. The molecule has 24 heavy (non-hydrogen) atoms. The number of guanidine groups is 1. The van der Waals surface area contributed by atoms with E-state index >= 15 is 0 Å². The second-order valence-electron chi connectivity index (χ2n) is 5.33. The number of nitrogens with two attached hydrogens (primary N) is 3. The third kappa shape index (κ3) is 6.97. The first-order valence-corrected chi connectivity index (χ1v) is 7.41. The quantitative estimate of drug-likeness (QED) is 0.188. The molecule has 0 fully saturated rings. The SMILES string of the molecule is NC(N)=NCCC[C@@H](N)C(=O)N[C@H](Cc1ccc(O)cc1)C(=O)O. The molecular weight excluding hydrogens is 314 g/mol. The van der Waals surface area contributed by atoms with Crippen LogP contribution in [-0.2, 0) is 16.0 Å². The maximum atomic E-state index is 12.0. The molecule has 1 aromatic carbocycles. The minimum atomic E-state index is -1.16. The maximum absolute atomic E-state index is 12.0. The molecule has 0 heterocycles. The molecule has 132 valence electrons. The van der Waals surface area contributed by atoms with Crippen LogP contribution in [0.15, 0.2) is 29.3 Å². The molecule has 9 nitrogen and oxygen atoms in total. The first-order valence-electron chi connectivity index (χ1n) is 7.41. The normalized spacial score (nSPS) is 12.9. The minimum absolute atomic E-state index is 0.0344. The summed E-state index contributed by atoms with van der Waals surface area (Å²) in [5.41, 5.74) is 16.8. The van der Waals surface area contributed by atoms with Crippen LogP contribution in [0.5, 0.6) is 5.75 Å². The Hall–Kier alpha value is -2.81. The number of aliphatic imine (C=N–C) groups is 1. The van der Waals surface area contributed by atoms with E-state index in [0.717, 1.165) is 0 Å². The van der Waals surface area contributed by atoms with Crippen molar-refractivity contribution < 1.29 is 19.8 Å². The molecule has 0 saturated carbocycles. The number of aliphatic carboxylic acids is 1. The van der Waals surface area contributed by atoms with Crippen molar-refractivity contribution in [2.45, 2.75) is 31.3 Å². The van der Waals surface area contributed by atoms with Crippen LogP contribution in [0.1, 0.15) is 18.4 Å². The summed E-state index contributed by atoms with van der Waals surface area (Å²) < 4.78 is 0. The molecule has 1 aromatic rings. The fourth-order valence-electron chi connectivity index (χ4n) is 2.00.